The number of aryl methyl sites for hydroxylation is 1. The van der Waals surface area contributed by atoms with Gasteiger partial charge in [0.2, 0.25) is 0 Å². The van der Waals surface area contributed by atoms with Crippen molar-refractivity contribution >= 4 is 16.6 Å². The Bertz CT molecular complexity index is 627. The second-order valence-corrected chi connectivity index (χ2v) is 6.13. The summed E-state index contributed by atoms with van der Waals surface area (Å²) in [4.78, 5) is 12.0. The van der Waals surface area contributed by atoms with E-state index >= 15 is 0 Å². The van der Waals surface area contributed by atoms with Crippen LogP contribution in [0.3, 0.4) is 0 Å². The van der Waals surface area contributed by atoms with Crippen molar-refractivity contribution in [1.82, 2.24) is 0 Å². The number of benzene rings is 2. The summed E-state index contributed by atoms with van der Waals surface area (Å²) in [6.45, 7) is 8.21. The molecule has 2 aromatic carbocycles. The van der Waals surface area contributed by atoms with E-state index in [-0.39, 0.29) is 5.92 Å². The Kier molecular flexibility index (Phi) is 5.17. The smallest absolute Gasteiger partial charge is 0.133 e. The van der Waals surface area contributed by atoms with Gasteiger partial charge in [-0.25, -0.2) is 0 Å². The van der Waals surface area contributed by atoms with Crippen LogP contribution < -0.4 is 0 Å². The Hall–Kier alpha value is -1.63. The molecule has 0 spiro atoms. The summed E-state index contributed by atoms with van der Waals surface area (Å²) in [5.41, 5.74) is 2.59. The lowest BCUT2D eigenvalue weighted by molar-refractivity contribution is -0.121. The minimum atomic E-state index is 0.155. The number of hydrogen-bond acceptors (Lipinski definition) is 1. The van der Waals surface area contributed by atoms with E-state index in [4.69, 9.17) is 0 Å². The molecule has 0 amide bonds. The predicted molar refractivity (Wildman–Crippen MR) is 90.8 cm³/mol. The molecule has 21 heavy (non-hydrogen) atoms. The second kappa shape index (κ2) is 6.89. The van der Waals surface area contributed by atoms with E-state index in [9.17, 15) is 4.79 Å². The molecule has 0 radical (unpaired) electrons. The third-order valence-electron chi connectivity index (χ3n) is 4.50. The van der Waals surface area contributed by atoms with Gasteiger partial charge in [0.1, 0.15) is 5.78 Å². The second-order valence-electron chi connectivity index (χ2n) is 6.13. The van der Waals surface area contributed by atoms with E-state index in [1.165, 1.54) is 21.9 Å². The van der Waals surface area contributed by atoms with E-state index in [1.54, 1.807) is 6.92 Å². The van der Waals surface area contributed by atoms with Crippen LogP contribution in [0.15, 0.2) is 36.4 Å². The van der Waals surface area contributed by atoms with Crippen molar-refractivity contribution in [2.24, 2.45) is 5.92 Å². The van der Waals surface area contributed by atoms with Crippen LogP contribution in [-0.2, 0) is 4.79 Å². The molecule has 0 saturated heterocycles. The Morgan fingerprint density at radius 2 is 1.71 bits per heavy atom. The summed E-state index contributed by atoms with van der Waals surface area (Å²) < 4.78 is 0. The van der Waals surface area contributed by atoms with Crippen molar-refractivity contribution in [3.05, 3.63) is 47.5 Å². The third kappa shape index (κ3) is 3.53. The van der Waals surface area contributed by atoms with Crippen molar-refractivity contribution in [3.63, 3.8) is 0 Å². The molecule has 0 aliphatic heterocycles. The normalized spacial score (nSPS) is 14.1. The SMILES string of the molecule is CCCC(C(C)=O)C(CC)c1ccc2cc(C)ccc2c1. The molecule has 2 atom stereocenters. The Morgan fingerprint density at radius 3 is 2.33 bits per heavy atom. The van der Waals surface area contributed by atoms with Gasteiger partial charge in [0.15, 0.2) is 0 Å². The van der Waals surface area contributed by atoms with E-state index in [0.29, 0.717) is 11.7 Å². The maximum absolute atomic E-state index is 12.0. The van der Waals surface area contributed by atoms with Gasteiger partial charge in [-0.2, -0.15) is 0 Å². The molecule has 1 heteroatoms. The van der Waals surface area contributed by atoms with Crippen molar-refractivity contribution in [2.45, 2.75) is 52.9 Å². The number of ketones is 1. The molecule has 2 aromatic rings. The summed E-state index contributed by atoms with van der Waals surface area (Å²) in [5, 5.41) is 2.55. The number of hydrogen-bond donors (Lipinski definition) is 0. The molecule has 0 fully saturated rings. The quantitative estimate of drug-likeness (QED) is 0.669. The van der Waals surface area contributed by atoms with Gasteiger partial charge in [-0.3, -0.25) is 4.79 Å². The zero-order valence-corrected chi connectivity index (χ0v) is 13.6. The molecule has 0 aliphatic carbocycles. The summed E-state index contributed by atoms with van der Waals surface area (Å²) in [7, 11) is 0. The lowest BCUT2D eigenvalue weighted by Gasteiger charge is -2.24. The summed E-state index contributed by atoms with van der Waals surface area (Å²) in [5.74, 6) is 0.823. The average molecular weight is 282 g/mol. The monoisotopic (exact) mass is 282 g/mol. The molecule has 2 unspecified atom stereocenters. The number of fused-ring (bicyclic) bond motifs is 1. The molecule has 2 rings (SSSR count). The van der Waals surface area contributed by atoms with E-state index in [2.05, 4.69) is 57.2 Å². The van der Waals surface area contributed by atoms with E-state index < -0.39 is 0 Å². The number of rotatable bonds is 6. The lowest BCUT2D eigenvalue weighted by Crippen LogP contribution is -2.20. The van der Waals surface area contributed by atoms with Gasteiger partial charge in [0.25, 0.3) is 0 Å². The van der Waals surface area contributed by atoms with E-state index in [0.717, 1.165) is 19.3 Å². The Labute approximate surface area is 128 Å². The van der Waals surface area contributed by atoms with Crippen molar-refractivity contribution in [3.8, 4) is 0 Å². The first-order valence-electron chi connectivity index (χ1n) is 8.07. The lowest BCUT2D eigenvalue weighted by atomic mass is 9.79. The average Bonchev–Trinajstić information content (AvgIpc) is 2.47. The van der Waals surface area contributed by atoms with Gasteiger partial charge in [-0.15, -0.1) is 0 Å². The van der Waals surface area contributed by atoms with Crippen LogP contribution in [0.5, 0.6) is 0 Å². The van der Waals surface area contributed by atoms with Crippen LogP contribution in [0, 0.1) is 12.8 Å². The zero-order valence-electron chi connectivity index (χ0n) is 13.6. The third-order valence-corrected chi connectivity index (χ3v) is 4.50. The molecule has 0 bridgehead atoms. The Morgan fingerprint density at radius 1 is 1.05 bits per heavy atom. The molecule has 0 N–H and O–H groups in total. The summed E-state index contributed by atoms with van der Waals surface area (Å²) in [6, 6.07) is 13.2. The minimum Gasteiger partial charge on any atom is -0.300 e. The molecular weight excluding hydrogens is 256 g/mol. The van der Waals surface area contributed by atoms with Crippen LogP contribution in [0.4, 0.5) is 0 Å². The van der Waals surface area contributed by atoms with Gasteiger partial charge in [0.05, 0.1) is 0 Å². The minimum absolute atomic E-state index is 0.155. The summed E-state index contributed by atoms with van der Waals surface area (Å²) >= 11 is 0. The molecule has 0 aliphatic rings. The maximum atomic E-state index is 12.0. The standard InChI is InChI=1S/C20H26O/c1-5-7-20(15(4)21)19(6-2)18-11-10-16-12-14(3)8-9-17(16)13-18/h8-13,19-20H,5-7H2,1-4H3. The largest absolute Gasteiger partial charge is 0.300 e. The van der Waals surface area contributed by atoms with Crippen LogP contribution in [0.2, 0.25) is 0 Å². The van der Waals surface area contributed by atoms with Gasteiger partial charge in [-0.05, 0) is 48.9 Å². The van der Waals surface area contributed by atoms with Crippen molar-refractivity contribution in [2.75, 3.05) is 0 Å². The highest BCUT2D eigenvalue weighted by Gasteiger charge is 2.24. The summed E-state index contributed by atoms with van der Waals surface area (Å²) in [6.07, 6.45) is 3.06. The molecule has 0 saturated carbocycles. The fraction of sp³-hybridized carbons (Fsp3) is 0.450. The highest BCUT2D eigenvalue weighted by Crippen LogP contribution is 2.33. The fourth-order valence-electron chi connectivity index (χ4n) is 3.37. The van der Waals surface area contributed by atoms with Gasteiger partial charge >= 0.3 is 0 Å². The number of Topliss-reactive ketones (excluding diaryl/α,β-unsaturated/α-hetero) is 1. The van der Waals surface area contributed by atoms with Crippen LogP contribution in [0.25, 0.3) is 10.8 Å². The van der Waals surface area contributed by atoms with Gasteiger partial charge < -0.3 is 0 Å². The van der Waals surface area contributed by atoms with Crippen molar-refractivity contribution < 1.29 is 4.79 Å². The first kappa shape index (κ1) is 15.8. The van der Waals surface area contributed by atoms with Crippen LogP contribution >= 0.6 is 0 Å². The number of carbonyl (C=O) groups is 1. The highest BCUT2D eigenvalue weighted by atomic mass is 16.1. The first-order chi connectivity index (χ1) is 10.1. The predicted octanol–water partition coefficient (Wildman–Crippen LogP) is 5.65. The first-order valence-corrected chi connectivity index (χ1v) is 8.07. The van der Waals surface area contributed by atoms with E-state index in [1.807, 2.05) is 0 Å². The van der Waals surface area contributed by atoms with Crippen molar-refractivity contribution in [1.29, 1.82) is 0 Å². The Balaban J connectivity index is 2.41. The maximum Gasteiger partial charge on any atom is 0.133 e. The van der Waals surface area contributed by atoms with Gasteiger partial charge in [-0.1, -0.05) is 62.2 Å². The molecule has 112 valence electrons. The molecule has 1 nitrogen and oxygen atoms in total. The fourth-order valence-corrected chi connectivity index (χ4v) is 3.37. The van der Waals surface area contributed by atoms with Crippen LogP contribution in [-0.4, -0.2) is 5.78 Å². The highest BCUT2D eigenvalue weighted by molar-refractivity contribution is 5.84. The zero-order chi connectivity index (χ0) is 15.4. The number of carbonyl (C=O) groups excluding carboxylic acids is 1. The van der Waals surface area contributed by atoms with Gasteiger partial charge in [0, 0.05) is 5.92 Å². The van der Waals surface area contributed by atoms with Crippen LogP contribution in [0.1, 0.15) is 57.1 Å². The molecule has 0 aromatic heterocycles. The topological polar surface area (TPSA) is 17.1 Å². The molecule has 0 heterocycles. The molecular formula is C20H26O.